The van der Waals surface area contributed by atoms with Crippen molar-refractivity contribution in [1.82, 2.24) is 15.2 Å². The highest BCUT2D eigenvalue weighted by atomic mass is 32.1. The topological polar surface area (TPSA) is 84.4 Å². The molecule has 112 valence electrons. The molecular weight excluding hydrogens is 288 g/mol. The summed E-state index contributed by atoms with van der Waals surface area (Å²) in [6.07, 6.45) is 2.48. The highest BCUT2D eigenvalue weighted by molar-refractivity contribution is 7.13. The monoisotopic (exact) mass is 306 g/mol. The number of likely N-dealkylation sites (tertiary alicyclic amines) is 1. The first kappa shape index (κ1) is 14.1. The number of rotatable bonds is 5. The fourth-order valence-electron chi connectivity index (χ4n) is 2.41. The summed E-state index contributed by atoms with van der Waals surface area (Å²) in [5.41, 5.74) is 6.31. The quantitative estimate of drug-likeness (QED) is 0.880. The Kier molecular flexibility index (Phi) is 4.21. The zero-order valence-electron chi connectivity index (χ0n) is 11.7. The molecule has 0 unspecified atom stereocenters. The standard InChI is InChI=1S/C14H18N4O2S/c15-14-17-10(9-21-14)7-16-13(19)12-4-3-11(20-12)8-18-5-1-2-6-18/h3-4,9H,1-2,5-8H2,(H2,15,17)(H,16,19). The maximum Gasteiger partial charge on any atom is 0.287 e. The van der Waals surface area contributed by atoms with E-state index in [1.54, 1.807) is 6.07 Å². The Labute approximate surface area is 127 Å². The number of anilines is 1. The fourth-order valence-corrected chi connectivity index (χ4v) is 2.97. The number of hydrogen-bond acceptors (Lipinski definition) is 6. The van der Waals surface area contributed by atoms with Crippen LogP contribution in [0.1, 0.15) is 34.9 Å². The van der Waals surface area contributed by atoms with Gasteiger partial charge in [0.05, 0.1) is 18.8 Å². The van der Waals surface area contributed by atoms with Gasteiger partial charge in [-0.2, -0.15) is 0 Å². The van der Waals surface area contributed by atoms with Crippen molar-refractivity contribution in [2.45, 2.75) is 25.9 Å². The number of nitrogens with one attached hydrogen (secondary N) is 1. The Morgan fingerprint density at radius 3 is 2.95 bits per heavy atom. The molecule has 1 fully saturated rings. The van der Waals surface area contributed by atoms with Gasteiger partial charge in [0.15, 0.2) is 10.9 Å². The van der Waals surface area contributed by atoms with Crippen LogP contribution in [0.2, 0.25) is 0 Å². The van der Waals surface area contributed by atoms with Crippen molar-refractivity contribution >= 4 is 22.4 Å². The third kappa shape index (κ3) is 3.62. The molecule has 0 saturated carbocycles. The minimum absolute atomic E-state index is 0.228. The summed E-state index contributed by atoms with van der Waals surface area (Å²) < 4.78 is 5.60. The lowest BCUT2D eigenvalue weighted by Gasteiger charge is -2.11. The average Bonchev–Trinajstić information content (AvgIpc) is 3.19. The molecule has 0 aromatic carbocycles. The van der Waals surface area contributed by atoms with Crippen molar-refractivity contribution in [2.24, 2.45) is 0 Å². The van der Waals surface area contributed by atoms with Gasteiger partial charge < -0.3 is 15.5 Å². The number of amides is 1. The first-order chi connectivity index (χ1) is 10.2. The van der Waals surface area contributed by atoms with Crippen LogP contribution in [-0.2, 0) is 13.1 Å². The molecule has 0 bridgehead atoms. The molecule has 1 saturated heterocycles. The number of nitrogens with zero attached hydrogens (tertiary/aromatic N) is 2. The number of thiazole rings is 1. The van der Waals surface area contributed by atoms with E-state index < -0.39 is 0 Å². The number of furan rings is 1. The number of nitrogen functional groups attached to an aromatic ring is 1. The Morgan fingerprint density at radius 1 is 1.43 bits per heavy atom. The largest absolute Gasteiger partial charge is 0.455 e. The lowest BCUT2D eigenvalue weighted by atomic mass is 10.4. The van der Waals surface area contributed by atoms with E-state index in [1.807, 2.05) is 11.4 Å². The second kappa shape index (κ2) is 6.28. The van der Waals surface area contributed by atoms with Crippen LogP contribution >= 0.6 is 11.3 Å². The van der Waals surface area contributed by atoms with Crippen molar-refractivity contribution in [3.05, 3.63) is 34.7 Å². The third-order valence-corrected chi connectivity index (χ3v) is 4.19. The lowest BCUT2D eigenvalue weighted by molar-refractivity contribution is 0.0919. The van der Waals surface area contributed by atoms with E-state index in [4.69, 9.17) is 10.2 Å². The Bertz CT molecular complexity index is 616. The fraction of sp³-hybridized carbons (Fsp3) is 0.429. The van der Waals surface area contributed by atoms with Crippen LogP contribution in [0.15, 0.2) is 21.9 Å². The van der Waals surface area contributed by atoms with Crippen LogP contribution in [0.3, 0.4) is 0 Å². The van der Waals surface area contributed by atoms with Gasteiger partial charge in [-0.15, -0.1) is 11.3 Å². The molecule has 21 heavy (non-hydrogen) atoms. The van der Waals surface area contributed by atoms with Gasteiger partial charge in [-0.05, 0) is 38.1 Å². The van der Waals surface area contributed by atoms with E-state index in [0.717, 1.165) is 31.1 Å². The normalized spacial score (nSPS) is 15.4. The van der Waals surface area contributed by atoms with Crippen LogP contribution in [0.5, 0.6) is 0 Å². The van der Waals surface area contributed by atoms with E-state index in [1.165, 1.54) is 24.2 Å². The predicted molar refractivity (Wildman–Crippen MR) is 80.9 cm³/mol. The molecule has 0 aliphatic carbocycles. The smallest absolute Gasteiger partial charge is 0.287 e. The number of carbonyl (C=O) groups is 1. The molecular formula is C14H18N4O2S. The summed E-state index contributed by atoms with van der Waals surface area (Å²) in [7, 11) is 0. The molecule has 7 heteroatoms. The van der Waals surface area contributed by atoms with Gasteiger partial charge in [-0.1, -0.05) is 0 Å². The van der Waals surface area contributed by atoms with E-state index in [9.17, 15) is 4.79 Å². The van der Waals surface area contributed by atoms with Gasteiger partial charge in [-0.25, -0.2) is 4.98 Å². The predicted octanol–water partition coefficient (Wildman–Crippen LogP) is 1.84. The van der Waals surface area contributed by atoms with Crippen LogP contribution in [0, 0.1) is 0 Å². The third-order valence-electron chi connectivity index (χ3n) is 3.46. The summed E-state index contributed by atoms with van der Waals surface area (Å²) in [6.45, 7) is 3.34. The molecule has 3 N–H and O–H groups in total. The van der Waals surface area contributed by atoms with Crippen molar-refractivity contribution in [2.75, 3.05) is 18.8 Å². The summed E-state index contributed by atoms with van der Waals surface area (Å²) in [5.74, 6) is 0.946. The second-order valence-electron chi connectivity index (χ2n) is 5.11. The molecule has 0 atom stereocenters. The summed E-state index contributed by atoms with van der Waals surface area (Å²) >= 11 is 1.36. The molecule has 2 aromatic rings. The van der Waals surface area contributed by atoms with Crippen LogP contribution in [-0.4, -0.2) is 28.9 Å². The second-order valence-corrected chi connectivity index (χ2v) is 6.00. The first-order valence-electron chi connectivity index (χ1n) is 7.00. The molecule has 3 heterocycles. The van der Waals surface area contributed by atoms with Crippen molar-refractivity contribution in [3.8, 4) is 0 Å². The van der Waals surface area contributed by atoms with Gasteiger partial charge >= 0.3 is 0 Å². The zero-order valence-corrected chi connectivity index (χ0v) is 12.5. The highest BCUT2D eigenvalue weighted by Gasteiger charge is 2.16. The van der Waals surface area contributed by atoms with Crippen molar-refractivity contribution < 1.29 is 9.21 Å². The molecule has 3 rings (SSSR count). The van der Waals surface area contributed by atoms with Crippen molar-refractivity contribution in [1.29, 1.82) is 0 Å². The summed E-state index contributed by atoms with van der Waals surface area (Å²) in [5, 5.41) is 5.11. The molecule has 0 spiro atoms. The number of hydrogen-bond donors (Lipinski definition) is 2. The maximum atomic E-state index is 12.0. The minimum atomic E-state index is -0.228. The maximum absolute atomic E-state index is 12.0. The molecule has 1 aliphatic rings. The van der Waals surface area contributed by atoms with Gasteiger partial charge in [0.1, 0.15) is 5.76 Å². The first-order valence-corrected chi connectivity index (χ1v) is 7.88. The SMILES string of the molecule is Nc1nc(CNC(=O)c2ccc(CN3CCCC3)o2)cs1. The van der Waals surface area contributed by atoms with E-state index in [2.05, 4.69) is 15.2 Å². The van der Waals surface area contributed by atoms with Gasteiger partial charge in [-0.3, -0.25) is 9.69 Å². The zero-order chi connectivity index (χ0) is 14.7. The summed E-state index contributed by atoms with van der Waals surface area (Å²) in [4.78, 5) is 18.4. The Morgan fingerprint density at radius 2 is 2.24 bits per heavy atom. The van der Waals surface area contributed by atoms with E-state index in [0.29, 0.717) is 17.4 Å². The van der Waals surface area contributed by atoms with Crippen molar-refractivity contribution in [3.63, 3.8) is 0 Å². The van der Waals surface area contributed by atoms with Crippen LogP contribution in [0.25, 0.3) is 0 Å². The molecule has 6 nitrogen and oxygen atoms in total. The number of nitrogens with two attached hydrogens (primary N) is 1. The molecule has 1 amide bonds. The number of carbonyl (C=O) groups excluding carboxylic acids is 1. The highest BCUT2D eigenvalue weighted by Crippen LogP contribution is 2.15. The summed E-state index contributed by atoms with van der Waals surface area (Å²) in [6, 6.07) is 3.59. The minimum Gasteiger partial charge on any atom is -0.455 e. The van der Waals surface area contributed by atoms with Crippen LogP contribution in [0.4, 0.5) is 5.13 Å². The lowest BCUT2D eigenvalue weighted by Crippen LogP contribution is -2.22. The van der Waals surface area contributed by atoms with Gasteiger partial charge in [0, 0.05) is 5.38 Å². The molecule has 1 aliphatic heterocycles. The Balaban J connectivity index is 1.53. The average molecular weight is 306 g/mol. The van der Waals surface area contributed by atoms with Gasteiger partial charge in [0.25, 0.3) is 5.91 Å². The number of aromatic nitrogens is 1. The van der Waals surface area contributed by atoms with Gasteiger partial charge in [0.2, 0.25) is 0 Å². The van der Waals surface area contributed by atoms with Crippen LogP contribution < -0.4 is 11.1 Å². The van der Waals surface area contributed by atoms with E-state index >= 15 is 0 Å². The molecule has 2 aromatic heterocycles. The Hall–Kier alpha value is -1.86. The molecule has 0 radical (unpaired) electrons. The van der Waals surface area contributed by atoms with E-state index in [-0.39, 0.29) is 5.91 Å².